The number of nitrogens with one attached hydrogen (secondary N) is 1. The van der Waals surface area contributed by atoms with Crippen LogP contribution in [0, 0.1) is 24.2 Å². The van der Waals surface area contributed by atoms with Crippen LogP contribution in [0.3, 0.4) is 0 Å². The summed E-state index contributed by atoms with van der Waals surface area (Å²) in [4.78, 5) is 14.6. The van der Waals surface area contributed by atoms with Gasteiger partial charge in [-0.3, -0.25) is 0 Å². The van der Waals surface area contributed by atoms with E-state index in [0.29, 0.717) is 23.0 Å². The largest absolute Gasteiger partial charge is 0.323 e. The van der Waals surface area contributed by atoms with Crippen LogP contribution >= 0.6 is 11.6 Å². The lowest BCUT2D eigenvalue weighted by molar-refractivity contribution is 0.216. The second kappa shape index (κ2) is 6.34. The number of hydrogen-bond acceptors (Lipinski definition) is 2. The van der Waals surface area contributed by atoms with Crippen molar-refractivity contribution in [3.63, 3.8) is 0 Å². The second-order valence-electron chi connectivity index (χ2n) is 7.38. The first-order valence-electron chi connectivity index (χ1n) is 8.80. The number of piperidine rings is 1. The van der Waals surface area contributed by atoms with Crippen LogP contribution in [0.2, 0.25) is 5.02 Å². The first-order valence-corrected chi connectivity index (χ1v) is 9.18. The first kappa shape index (κ1) is 16.9. The minimum atomic E-state index is -0.112. The second-order valence-corrected chi connectivity index (χ2v) is 7.79. The van der Waals surface area contributed by atoms with Crippen LogP contribution in [0.5, 0.6) is 0 Å². The lowest BCUT2D eigenvalue weighted by Crippen LogP contribution is -2.36. The molecule has 2 atom stereocenters. The third-order valence-corrected chi connectivity index (χ3v) is 5.93. The summed E-state index contributed by atoms with van der Waals surface area (Å²) >= 11 is 6.25. The van der Waals surface area contributed by atoms with Gasteiger partial charge in [-0.25, -0.2) is 4.79 Å². The third kappa shape index (κ3) is 2.93. The monoisotopic (exact) mass is 365 g/mol. The average Bonchev–Trinajstić information content (AvgIpc) is 3.19. The molecule has 2 unspecified atom stereocenters. The minimum absolute atomic E-state index is 0.112. The quantitative estimate of drug-likeness (QED) is 0.869. The molecular weight excluding hydrogens is 346 g/mol. The summed E-state index contributed by atoms with van der Waals surface area (Å²) in [6, 6.07) is 16.0. The molecule has 0 spiro atoms. The molecule has 2 amide bonds. The SMILES string of the molecule is Cc1ccc(C23CC2CN(C(=O)Nc2ccc(CC#N)cc2Cl)C3)cc1. The molecule has 4 rings (SSSR count). The number of anilines is 1. The molecule has 5 heteroatoms. The fourth-order valence-electron chi connectivity index (χ4n) is 4.03. The van der Waals surface area contributed by atoms with Crippen molar-refractivity contribution < 1.29 is 4.79 Å². The molecule has 2 fully saturated rings. The number of likely N-dealkylation sites (tertiary alicyclic amines) is 1. The van der Waals surface area contributed by atoms with Gasteiger partial charge in [0.05, 0.1) is 23.2 Å². The maximum Gasteiger partial charge on any atom is 0.321 e. The van der Waals surface area contributed by atoms with E-state index in [4.69, 9.17) is 16.9 Å². The van der Waals surface area contributed by atoms with Crippen molar-refractivity contribution in [2.75, 3.05) is 18.4 Å². The standard InChI is InChI=1S/C21H20ClN3O/c1-14-2-5-16(6-3-14)21-11-17(21)12-25(13-21)20(26)24-19-7-4-15(8-9-23)10-18(19)22/h2-7,10,17H,8,11-13H2,1H3,(H,24,26). The average molecular weight is 366 g/mol. The Morgan fingerprint density at radius 3 is 2.81 bits per heavy atom. The number of benzene rings is 2. The molecule has 1 aliphatic heterocycles. The highest BCUT2D eigenvalue weighted by Gasteiger charge is 2.61. The Kier molecular flexibility index (Phi) is 4.13. The number of hydrogen-bond donors (Lipinski definition) is 1. The third-order valence-electron chi connectivity index (χ3n) is 5.62. The summed E-state index contributed by atoms with van der Waals surface area (Å²) in [6.45, 7) is 3.62. The molecule has 132 valence electrons. The molecule has 1 saturated carbocycles. The van der Waals surface area contributed by atoms with Gasteiger partial charge in [-0.2, -0.15) is 5.26 Å². The normalized spacial score (nSPS) is 23.3. The highest BCUT2D eigenvalue weighted by atomic mass is 35.5. The number of carbonyl (C=O) groups excluding carboxylic acids is 1. The number of amides is 2. The molecule has 1 saturated heterocycles. The van der Waals surface area contributed by atoms with Crippen molar-refractivity contribution in [1.82, 2.24) is 4.90 Å². The minimum Gasteiger partial charge on any atom is -0.323 e. The number of nitrogens with zero attached hydrogens (tertiary/aromatic N) is 2. The number of nitriles is 1. The highest BCUT2D eigenvalue weighted by Crippen LogP contribution is 2.59. The Balaban J connectivity index is 1.44. The topological polar surface area (TPSA) is 56.1 Å². The van der Waals surface area contributed by atoms with Crippen LogP contribution in [0.15, 0.2) is 42.5 Å². The lowest BCUT2D eigenvalue weighted by Gasteiger charge is -2.22. The van der Waals surface area contributed by atoms with Crippen LogP contribution < -0.4 is 5.32 Å². The van der Waals surface area contributed by atoms with Crippen molar-refractivity contribution in [2.24, 2.45) is 5.92 Å². The van der Waals surface area contributed by atoms with E-state index in [9.17, 15) is 4.79 Å². The van der Waals surface area contributed by atoms with Crippen molar-refractivity contribution in [1.29, 1.82) is 5.26 Å². The van der Waals surface area contributed by atoms with E-state index < -0.39 is 0 Å². The Labute approximate surface area is 158 Å². The van der Waals surface area contributed by atoms with Crippen molar-refractivity contribution >= 4 is 23.3 Å². The molecule has 4 nitrogen and oxygen atoms in total. The maximum absolute atomic E-state index is 12.7. The van der Waals surface area contributed by atoms with E-state index in [2.05, 4.69) is 42.6 Å². The van der Waals surface area contributed by atoms with Crippen LogP contribution in [0.4, 0.5) is 10.5 Å². The number of carbonyl (C=O) groups is 1. The molecule has 0 bridgehead atoms. The van der Waals surface area contributed by atoms with Gasteiger partial charge in [-0.1, -0.05) is 47.5 Å². The number of halogens is 1. The van der Waals surface area contributed by atoms with Gasteiger partial charge in [0.25, 0.3) is 0 Å². The van der Waals surface area contributed by atoms with E-state index in [0.717, 1.165) is 25.1 Å². The van der Waals surface area contributed by atoms with Gasteiger partial charge in [0.1, 0.15) is 0 Å². The van der Waals surface area contributed by atoms with Crippen molar-refractivity contribution in [3.8, 4) is 6.07 Å². The van der Waals surface area contributed by atoms with E-state index >= 15 is 0 Å². The molecular formula is C21H20ClN3O. The first-order chi connectivity index (χ1) is 12.5. The molecule has 1 N–H and O–H groups in total. The number of fused-ring (bicyclic) bond motifs is 1. The Bertz CT molecular complexity index is 902. The zero-order chi connectivity index (χ0) is 18.3. The van der Waals surface area contributed by atoms with E-state index in [1.165, 1.54) is 11.1 Å². The number of rotatable bonds is 3. The van der Waals surface area contributed by atoms with E-state index in [-0.39, 0.29) is 11.4 Å². The van der Waals surface area contributed by atoms with Gasteiger partial charge in [0, 0.05) is 18.5 Å². The molecule has 2 aromatic carbocycles. The summed E-state index contributed by atoms with van der Waals surface area (Å²) in [6.07, 6.45) is 1.46. The smallest absolute Gasteiger partial charge is 0.321 e. The van der Waals surface area contributed by atoms with Crippen LogP contribution in [-0.2, 0) is 11.8 Å². The van der Waals surface area contributed by atoms with Crippen LogP contribution in [0.1, 0.15) is 23.1 Å². The predicted octanol–water partition coefficient (Wildman–Crippen LogP) is 4.52. The summed E-state index contributed by atoms with van der Waals surface area (Å²) in [5.41, 5.74) is 4.15. The predicted molar refractivity (Wildman–Crippen MR) is 102 cm³/mol. The maximum atomic E-state index is 12.7. The zero-order valence-electron chi connectivity index (χ0n) is 14.6. The summed E-state index contributed by atoms with van der Waals surface area (Å²) < 4.78 is 0. The fourth-order valence-corrected chi connectivity index (χ4v) is 4.28. The van der Waals surface area contributed by atoms with Gasteiger partial charge < -0.3 is 10.2 Å². The van der Waals surface area contributed by atoms with Gasteiger partial charge in [-0.05, 0) is 42.5 Å². The van der Waals surface area contributed by atoms with Gasteiger partial charge >= 0.3 is 6.03 Å². The molecule has 0 aromatic heterocycles. The Morgan fingerprint density at radius 1 is 1.35 bits per heavy atom. The van der Waals surface area contributed by atoms with Crippen molar-refractivity contribution in [2.45, 2.75) is 25.2 Å². The summed E-state index contributed by atoms with van der Waals surface area (Å²) in [5, 5.41) is 12.1. The molecule has 26 heavy (non-hydrogen) atoms. The Morgan fingerprint density at radius 2 is 2.12 bits per heavy atom. The van der Waals surface area contributed by atoms with Crippen molar-refractivity contribution in [3.05, 3.63) is 64.2 Å². The lowest BCUT2D eigenvalue weighted by atomic mass is 9.94. The fraction of sp³-hybridized carbons (Fsp3) is 0.333. The Hall–Kier alpha value is -2.51. The molecule has 2 aromatic rings. The van der Waals surface area contributed by atoms with Crippen LogP contribution in [0.25, 0.3) is 0 Å². The van der Waals surface area contributed by atoms with Crippen LogP contribution in [-0.4, -0.2) is 24.0 Å². The molecule has 1 aliphatic carbocycles. The molecule has 1 heterocycles. The van der Waals surface area contributed by atoms with Gasteiger partial charge in [0.15, 0.2) is 0 Å². The van der Waals surface area contributed by atoms with Gasteiger partial charge in [-0.15, -0.1) is 0 Å². The zero-order valence-corrected chi connectivity index (χ0v) is 15.4. The summed E-state index contributed by atoms with van der Waals surface area (Å²) in [7, 11) is 0. The highest BCUT2D eigenvalue weighted by molar-refractivity contribution is 6.33. The van der Waals surface area contributed by atoms with E-state index in [1.807, 2.05) is 11.0 Å². The van der Waals surface area contributed by atoms with E-state index in [1.54, 1.807) is 12.1 Å². The number of aryl methyl sites for hydroxylation is 1. The number of urea groups is 1. The summed E-state index contributed by atoms with van der Waals surface area (Å²) in [5.74, 6) is 0.546. The molecule has 2 aliphatic rings. The van der Waals surface area contributed by atoms with Gasteiger partial charge in [0.2, 0.25) is 0 Å². The molecule has 0 radical (unpaired) electrons.